The third-order valence-corrected chi connectivity index (χ3v) is 3.40. The Morgan fingerprint density at radius 1 is 1.55 bits per heavy atom. The predicted octanol–water partition coefficient (Wildman–Crippen LogP) is 2.61. The summed E-state index contributed by atoms with van der Waals surface area (Å²) in [5.74, 6) is 0. The molecular formula is C15H23N3O2. The van der Waals surface area contributed by atoms with Crippen molar-refractivity contribution in [2.24, 2.45) is 5.73 Å². The fourth-order valence-electron chi connectivity index (χ4n) is 2.56. The second-order valence-electron chi connectivity index (χ2n) is 6.11. The highest BCUT2D eigenvalue weighted by Crippen LogP contribution is 2.34. The first-order valence-corrected chi connectivity index (χ1v) is 7.05. The largest absolute Gasteiger partial charge is 0.444 e. The lowest BCUT2D eigenvalue weighted by Gasteiger charge is -2.29. The predicted molar refractivity (Wildman–Crippen MR) is 77.0 cm³/mol. The summed E-state index contributed by atoms with van der Waals surface area (Å²) in [7, 11) is 0. The fourth-order valence-corrected chi connectivity index (χ4v) is 2.56. The molecule has 1 aromatic heterocycles. The number of carbonyl (C=O) groups is 1. The van der Waals surface area contributed by atoms with Gasteiger partial charge in [-0.3, -0.25) is 4.98 Å². The van der Waals surface area contributed by atoms with E-state index in [-0.39, 0.29) is 12.1 Å². The van der Waals surface area contributed by atoms with Crippen molar-refractivity contribution in [3.05, 3.63) is 29.6 Å². The fraction of sp³-hybridized carbons (Fsp3) is 0.600. The maximum atomic E-state index is 12.3. The Hall–Kier alpha value is -1.62. The van der Waals surface area contributed by atoms with E-state index in [2.05, 4.69) is 4.98 Å². The summed E-state index contributed by atoms with van der Waals surface area (Å²) >= 11 is 0. The van der Waals surface area contributed by atoms with Gasteiger partial charge in [0.05, 0.1) is 6.04 Å². The molecule has 1 atom stereocenters. The second kappa shape index (κ2) is 5.79. The van der Waals surface area contributed by atoms with Crippen LogP contribution in [0.5, 0.6) is 0 Å². The molecule has 1 amide bonds. The summed E-state index contributed by atoms with van der Waals surface area (Å²) in [5, 5.41) is 0. The quantitative estimate of drug-likeness (QED) is 0.902. The number of nitrogens with zero attached hydrogens (tertiary/aromatic N) is 2. The third-order valence-electron chi connectivity index (χ3n) is 3.40. The second-order valence-corrected chi connectivity index (χ2v) is 6.11. The number of ether oxygens (including phenoxy) is 1. The normalized spacial score (nSPS) is 19.2. The van der Waals surface area contributed by atoms with Gasteiger partial charge in [-0.25, -0.2) is 4.79 Å². The Balaban J connectivity index is 2.21. The number of nitrogens with two attached hydrogens (primary N) is 1. The summed E-state index contributed by atoms with van der Waals surface area (Å²) < 4.78 is 5.49. The summed E-state index contributed by atoms with van der Waals surface area (Å²) in [4.78, 5) is 18.2. The van der Waals surface area contributed by atoms with Crippen LogP contribution in [0.15, 0.2) is 18.5 Å². The number of hydrogen-bond acceptors (Lipinski definition) is 4. The molecule has 2 rings (SSSR count). The molecule has 0 saturated carbocycles. The van der Waals surface area contributed by atoms with Gasteiger partial charge in [0, 0.05) is 25.5 Å². The van der Waals surface area contributed by atoms with Crippen molar-refractivity contribution in [1.82, 2.24) is 9.88 Å². The lowest BCUT2D eigenvalue weighted by Crippen LogP contribution is -2.36. The molecule has 0 aromatic carbocycles. The first-order valence-electron chi connectivity index (χ1n) is 7.05. The summed E-state index contributed by atoms with van der Waals surface area (Å²) in [6, 6.07) is 2.00. The van der Waals surface area contributed by atoms with E-state index >= 15 is 0 Å². The van der Waals surface area contributed by atoms with Crippen molar-refractivity contribution in [1.29, 1.82) is 0 Å². The number of rotatable bonds is 2. The zero-order valence-corrected chi connectivity index (χ0v) is 12.4. The van der Waals surface area contributed by atoms with Crippen LogP contribution in [0, 0.1) is 0 Å². The highest BCUT2D eigenvalue weighted by Gasteiger charge is 2.33. The Morgan fingerprint density at radius 2 is 2.30 bits per heavy atom. The molecule has 5 nitrogen and oxygen atoms in total. The molecule has 0 spiro atoms. The molecule has 1 aliphatic rings. The van der Waals surface area contributed by atoms with Gasteiger partial charge in [-0.05, 0) is 50.8 Å². The van der Waals surface area contributed by atoms with Crippen LogP contribution in [0.4, 0.5) is 4.79 Å². The minimum absolute atomic E-state index is 0.0476. The van der Waals surface area contributed by atoms with Gasteiger partial charge in [0.15, 0.2) is 0 Å². The molecule has 2 heterocycles. The smallest absolute Gasteiger partial charge is 0.410 e. The standard InChI is InChI=1S/C15H23N3O2/c1-15(2,3)20-14(19)18-8-4-5-13(18)12-6-7-17-10-11(12)9-16/h6-7,10,13H,4-5,8-9,16H2,1-3H3. The van der Waals surface area contributed by atoms with Crippen LogP contribution in [0.1, 0.15) is 50.8 Å². The van der Waals surface area contributed by atoms with E-state index in [0.717, 1.165) is 30.5 Å². The molecule has 5 heteroatoms. The Bertz CT molecular complexity index is 482. The van der Waals surface area contributed by atoms with Gasteiger partial charge in [0.25, 0.3) is 0 Å². The molecular weight excluding hydrogens is 254 g/mol. The Labute approximate surface area is 120 Å². The maximum absolute atomic E-state index is 12.3. The van der Waals surface area contributed by atoms with Gasteiger partial charge < -0.3 is 15.4 Å². The lowest BCUT2D eigenvalue weighted by molar-refractivity contribution is 0.0224. The summed E-state index contributed by atoms with van der Waals surface area (Å²) in [5.41, 5.74) is 7.38. The zero-order valence-electron chi connectivity index (χ0n) is 12.4. The van der Waals surface area contributed by atoms with Crippen LogP contribution in [0.3, 0.4) is 0 Å². The number of amides is 1. The van der Waals surface area contributed by atoms with Gasteiger partial charge >= 0.3 is 6.09 Å². The minimum atomic E-state index is -0.473. The molecule has 0 aliphatic carbocycles. The molecule has 0 radical (unpaired) electrons. The first-order chi connectivity index (χ1) is 9.42. The highest BCUT2D eigenvalue weighted by atomic mass is 16.6. The van der Waals surface area contributed by atoms with Crippen LogP contribution in [0.25, 0.3) is 0 Å². The van der Waals surface area contributed by atoms with E-state index < -0.39 is 5.60 Å². The van der Waals surface area contributed by atoms with E-state index in [4.69, 9.17) is 10.5 Å². The summed E-state index contributed by atoms with van der Waals surface area (Å²) in [6.45, 7) is 6.81. The topological polar surface area (TPSA) is 68.5 Å². The molecule has 1 aromatic rings. The monoisotopic (exact) mass is 277 g/mol. The number of aromatic nitrogens is 1. The van der Waals surface area contributed by atoms with Gasteiger partial charge in [0.2, 0.25) is 0 Å². The van der Waals surface area contributed by atoms with E-state index in [1.165, 1.54) is 0 Å². The summed E-state index contributed by atoms with van der Waals surface area (Å²) in [6.07, 6.45) is 5.20. The Kier molecular flexibility index (Phi) is 4.28. The van der Waals surface area contributed by atoms with Crippen LogP contribution in [0.2, 0.25) is 0 Å². The minimum Gasteiger partial charge on any atom is -0.444 e. The third kappa shape index (κ3) is 3.28. The van der Waals surface area contributed by atoms with Crippen LogP contribution in [-0.4, -0.2) is 28.1 Å². The average Bonchev–Trinajstić information content (AvgIpc) is 2.85. The van der Waals surface area contributed by atoms with Crippen molar-refractivity contribution in [3.63, 3.8) is 0 Å². The van der Waals surface area contributed by atoms with Gasteiger partial charge in [-0.15, -0.1) is 0 Å². The maximum Gasteiger partial charge on any atom is 0.410 e. The van der Waals surface area contributed by atoms with Crippen molar-refractivity contribution in [3.8, 4) is 0 Å². The Morgan fingerprint density at radius 3 is 2.95 bits per heavy atom. The molecule has 1 aliphatic heterocycles. The number of likely N-dealkylation sites (tertiary alicyclic amines) is 1. The van der Waals surface area contributed by atoms with E-state index in [1.807, 2.05) is 26.8 Å². The SMILES string of the molecule is CC(C)(C)OC(=O)N1CCCC1c1ccncc1CN. The number of pyridine rings is 1. The van der Waals surface area contributed by atoms with Gasteiger partial charge in [-0.1, -0.05) is 0 Å². The van der Waals surface area contributed by atoms with Crippen LogP contribution >= 0.6 is 0 Å². The molecule has 1 fully saturated rings. The highest BCUT2D eigenvalue weighted by molar-refractivity contribution is 5.69. The van der Waals surface area contributed by atoms with E-state index in [0.29, 0.717) is 6.54 Å². The molecule has 1 unspecified atom stereocenters. The number of hydrogen-bond donors (Lipinski definition) is 1. The molecule has 110 valence electrons. The first kappa shape index (κ1) is 14.8. The molecule has 1 saturated heterocycles. The van der Waals surface area contributed by atoms with Crippen molar-refractivity contribution >= 4 is 6.09 Å². The molecule has 20 heavy (non-hydrogen) atoms. The van der Waals surface area contributed by atoms with Crippen LogP contribution in [-0.2, 0) is 11.3 Å². The van der Waals surface area contributed by atoms with Crippen molar-refractivity contribution < 1.29 is 9.53 Å². The lowest BCUT2D eigenvalue weighted by atomic mass is 10.0. The van der Waals surface area contributed by atoms with Gasteiger partial charge in [-0.2, -0.15) is 0 Å². The molecule has 0 bridgehead atoms. The van der Waals surface area contributed by atoms with E-state index in [1.54, 1.807) is 17.3 Å². The van der Waals surface area contributed by atoms with Crippen LogP contribution < -0.4 is 5.73 Å². The molecule has 2 N–H and O–H groups in total. The van der Waals surface area contributed by atoms with E-state index in [9.17, 15) is 4.79 Å². The van der Waals surface area contributed by atoms with Crippen molar-refractivity contribution in [2.75, 3.05) is 6.54 Å². The van der Waals surface area contributed by atoms with Crippen molar-refractivity contribution in [2.45, 2.75) is 51.8 Å². The average molecular weight is 277 g/mol. The zero-order chi connectivity index (χ0) is 14.8. The number of carbonyl (C=O) groups excluding carboxylic acids is 1. The van der Waals surface area contributed by atoms with Gasteiger partial charge in [0.1, 0.15) is 5.60 Å².